The number of benzene rings is 2. The maximum absolute atomic E-state index is 12.9. The van der Waals surface area contributed by atoms with E-state index in [1.807, 2.05) is 10.6 Å². The van der Waals surface area contributed by atoms with Crippen LogP contribution in [0.5, 0.6) is 11.5 Å². The van der Waals surface area contributed by atoms with Crippen molar-refractivity contribution < 1.29 is 17.9 Å². The molecule has 5 rings (SSSR count). The van der Waals surface area contributed by atoms with Gasteiger partial charge in [-0.25, -0.2) is 13.4 Å². The Morgan fingerprint density at radius 2 is 2.12 bits per heavy atom. The summed E-state index contributed by atoms with van der Waals surface area (Å²) in [6.45, 7) is -0.00564. The van der Waals surface area contributed by atoms with Crippen molar-refractivity contribution in [3.63, 3.8) is 0 Å². The highest BCUT2D eigenvalue weighted by Crippen LogP contribution is 2.40. The molecular formula is C22H17BrN4O4S2. The molecule has 1 amide bonds. The van der Waals surface area contributed by atoms with Crippen LogP contribution < -0.4 is 10.1 Å². The van der Waals surface area contributed by atoms with Crippen LogP contribution in [0.25, 0.3) is 0 Å². The van der Waals surface area contributed by atoms with Crippen LogP contribution in [0.3, 0.4) is 0 Å². The van der Waals surface area contributed by atoms with Crippen molar-refractivity contribution >= 4 is 43.4 Å². The number of amides is 1. The zero-order chi connectivity index (χ0) is 23.2. The van der Waals surface area contributed by atoms with Crippen LogP contribution in [0.15, 0.2) is 52.2 Å². The first-order valence-corrected chi connectivity index (χ1v) is 13.6. The molecule has 3 heterocycles. The van der Waals surface area contributed by atoms with Crippen molar-refractivity contribution in [3.05, 3.63) is 69.5 Å². The van der Waals surface area contributed by atoms with Gasteiger partial charge in [0.15, 0.2) is 15.0 Å². The van der Waals surface area contributed by atoms with Crippen molar-refractivity contribution in [2.45, 2.75) is 17.0 Å². The van der Waals surface area contributed by atoms with Crippen LogP contribution in [0.2, 0.25) is 0 Å². The molecule has 1 atom stereocenters. The van der Waals surface area contributed by atoms with E-state index in [0.29, 0.717) is 43.7 Å². The highest BCUT2D eigenvalue weighted by molar-refractivity contribution is 9.10. The Kier molecular flexibility index (Phi) is 5.68. The molecule has 0 saturated heterocycles. The van der Waals surface area contributed by atoms with E-state index >= 15 is 0 Å². The summed E-state index contributed by atoms with van der Waals surface area (Å²) in [4.78, 5) is 17.2. The predicted molar refractivity (Wildman–Crippen MR) is 126 cm³/mol. The van der Waals surface area contributed by atoms with Crippen LogP contribution in [0.1, 0.15) is 33.2 Å². The Morgan fingerprint density at radius 3 is 2.94 bits per heavy atom. The molecule has 3 aromatic rings. The van der Waals surface area contributed by atoms with Gasteiger partial charge in [0.25, 0.3) is 5.91 Å². The zero-order valence-corrected chi connectivity index (χ0v) is 20.3. The molecule has 2 aliphatic rings. The number of thioether (sulfide) groups is 1. The molecule has 8 nitrogen and oxygen atoms in total. The van der Waals surface area contributed by atoms with Gasteiger partial charge in [0.2, 0.25) is 0 Å². The summed E-state index contributed by atoms with van der Waals surface area (Å²) in [7, 11) is -3.51. The molecule has 0 aliphatic carbocycles. The van der Waals surface area contributed by atoms with Gasteiger partial charge >= 0.3 is 0 Å². The van der Waals surface area contributed by atoms with Gasteiger partial charge in [0.05, 0.1) is 29.3 Å². The minimum Gasteiger partial charge on any atom is -0.456 e. The Morgan fingerprint density at radius 1 is 1.27 bits per heavy atom. The summed E-state index contributed by atoms with van der Waals surface area (Å²) >= 11 is 4.93. The summed E-state index contributed by atoms with van der Waals surface area (Å²) in [6, 6.07) is 12.4. The Labute approximate surface area is 203 Å². The fourth-order valence-corrected chi connectivity index (χ4v) is 6.87. The summed E-state index contributed by atoms with van der Waals surface area (Å²) in [5.74, 6) is 0.674. The van der Waals surface area contributed by atoms with E-state index in [0.717, 1.165) is 5.56 Å². The number of sulfone groups is 1. The van der Waals surface area contributed by atoms with Gasteiger partial charge in [-0.05, 0) is 41.5 Å². The molecule has 1 unspecified atom stereocenters. The number of rotatable bonds is 0. The van der Waals surface area contributed by atoms with Gasteiger partial charge in [-0.15, -0.1) is 0 Å². The normalized spacial score (nSPS) is 19.2. The maximum atomic E-state index is 12.9. The van der Waals surface area contributed by atoms with Gasteiger partial charge in [-0.2, -0.15) is 5.26 Å². The number of hydrogen-bond acceptors (Lipinski definition) is 7. The number of ether oxygens (including phenoxy) is 1. The van der Waals surface area contributed by atoms with Gasteiger partial charge < -0.3 is 14.6 Å². The van der Waals surface area contributed by atoms with Crippen LogP contribution in [-0.4, -0.2) is 41.9 Å². The molecule has 11 heteroatoms. The van der Waals surface area contributed by atoms with Crippen LogP contribution in [0, 0.1) is 11.3 Å². The molecule has 0 saturated carbocycles. The molecule has 1 aromatic heterocycles. The van der Waals surface area contributed by atoms with E-state index in [1.54, 1.807) is 30.3 Å². The number of imidazole rings is 1. The Balaban J connectivity index is 1.65. The van der Waals surface area contributed by atoms with Gasteiger partial charge in [0, 0.05) is 16.8 Å². The lowest BCUT2D eigenvalue weighted by Gasteiger charge is -2.18. The molecule has 168 valence electrons. The summed E-state index contributed by atoms with van der Waals surface area (Å²) < 4.78 is 34.0. The largest absolute Gasteiger partial charge is 0.456 e. The van der Waals surface area contributed by atoms with Crippen LogP contribution in [-0.2, 0) is 15.6 Å². The Bertz CT molecular complexity index is 1430. The molecule has 33 heavy (non-hydrogen) atoms. The lowest BCUT2D eigenvalue weighted by molar-refractivity contribution is 0.0945. The minimum absolute atomic E-state index is 0.00564. The van der Waals surface area contributed by atoms with Crippen molar-refractivity contribution in [2.24, 2.45) is 0 Å². The standard InChI is InChI=1S/C22H17BrN4O4S2/c23-17-4-3-16-7-15(17)12-33(29,30)6-5-25-21(28)18-10-26-22-27(18)19(11-32-22)13-1-2-14(9-24)20(8-13)31-16/h1-4,7-8,10,19H,5-6,11-12H2,(H,25,28). The number of carbonyl (C=O) groups is 1. The number of hydrogen-bond donors (Lipinski definition) is 1. The van der Waals surface area contributed by atoms with Gasteiger partial charge in [-0.3, -0.25) is 4.79 Å². The predicted octanol–water partition coefficient (Wildman–Crippen LogP) is 3.66. The number of nitrogens with one attached hydrogen (secondary N) is 1. The molecule has 0 spiro atoms. The second-order valence-electron chi connectivity index (χ2n) is 7.69. The smallest absolute Gasteiger partial charge is 0.269 e. The molecule has 0 fully saturated rings. The number of aromatic nitrogens is 2. The monoisotopic (exact) mass is 544 g/mol. The second-order valence-corrected chi connectivity index (χ2v) is 11.7. The van der Waals surface area contributed by atoms with Gasteiger partial charge in [0.1, 0.15) is 23.3 Å². The molecule has 2 aliphatic heterocycles. The quantitative estimate of drug-likeness (QED) is 0.459. The molecule has 4 bridgehead atoms. The highest BCUT2D eigenvalue weighted by atomic mass is 79.9. The summed E-state index contributed by atoms with van der Waals surface area (Å²) in [6.07, 6.45) is 1.50. The minimum atomic E-state index is -3.51. The van der Waals surface area contributed by atoms with E-state index in [9.17, 15) is 18.5 Å². The third-order valence-electron chi connectivity index (χ3n) is 5.51. The first kappa shape index (κ1) is 22.0. The lowest BCUT2D eigenvalue weighted by Crippen LogP contribution is -2.31. The van der Waals surface area contributed by atoms with Gasteiger partial charge in [-0.1, -0.05) is 33.8 Å². The third-order valence-corrected chi connectivity index (χ3v) is 8.90. The number of nitrogens with zero attached hydrogens (tertiary/aromatic N) is 3. The fraction of sp³-hybridized carbons (Fsp3) is 0.227. The van der Waals surface area contributed by atoms with E-state index in [1.165, 1.54) is 18.0 Å². The number of halogens is 1. The maximum Gasteiger partial charge on any atom is 0.269 e. The molecule has 2 aromatic carbocycles. The summed E-state index contributed by atoms with van der Waals surface area (Å²) in [5.41, 5.74) is 2.14. The summed E-state index contributed by atoms with van der Waals surface area (Å²) in [5, 5.41) is 13.0. The van der Waals surface area contributed by atoms with E-state index < -0.39 is 9.84 Å². The van der Waals surface area contributed by atoms with Crippen molar-refractivity contribution in [2.75, 3.05) is 18.1 Å². The highest BCUT2D eigenvalue weighted by Gasteiger charge is 2.31. The van der Waals surface area contributed by atoms with E-state index in [4.69, 9.17) is 4.74 Å². The molecule has 0 radical (unpaired) electrons. The Hall–Kier alpha value is -2.81. The average molecular weight is 545 g/mol. The first-order chi connectivity index (χ1) is 15.8. The number of nitriles is 1. The topological polar surface area (TPSA) is 114 Å². The third kappa shape index (κ3) is 4.26. The van der Waals surface area contributed by atoms with Crippen molar-refractivity contribution in [1.29, 1.82) is 5.26 Å². The number of fused-ring (bicyclic) bond motifs is 5. The first-order valence-electron chi connectivity index (χ1n) is 10.0. The van der Waals surface area contributed by atoms with Crippen molar-refractivity contribution in [1.82, 2.24) is 14.9 Å². The zero-order valence-electron chi connectivity index (χ0n) is 17.1. The van der Waals surface area contributed by atoms with Crippen molar-refractivity contribution in [3.8, 4) is 17.6 Å². The van der Waals surface area contributed by atoms with Crippen LogP contribution in [0.4, 0.5) is 0 Å². The van der Waals surface area contributed by atoms with E-state index in [2.05, 4.69) is 32.3 Å². The number of carbonyl (C=O) groups excluding carboxylic acids is 1. The fourth-order valence-electron chi connectivity index (χ4n) is 3.89. The molecular weight excluding hydrogens is 528 g/mol. The van der Waals surface area contributed by atoms with E-state index in [-0.39, 0.29) is 30.0 Å². The second kappa shape index (κ2) is 8.52. The lowest BCUT2D eigenvalue weighted by atomic mass is 10.0. The SMILES string of the molecule is N#Cc1ccc2cc1Oc1ccc(Br)c(c1)CS(=O)(=O)CCNC(=O)c1cnc3n1C2CS3. The average Bonchev–Trinajstić information content (AvgIpc) is 3.37. The molecule has 1 N–H and O–H groups in total. The van der Waals surface area contributed by atoms with Crippen LogP contribution >= 0.6 is 27.7 Å².